The Hall–Kier alpha value is -0.0400. The summed E-state index contributed by atoms with van der Waals surface area (Å²) < 4.78 is 0. The standard InChI is InChI=1S/C11H23N/c1-5-11(6-2)9(4)8-10(11)12-7-3/h9-10,12H,5-8H2,1-4H3. The molecule has 2 unspecified atom stereocenters. The van der Waals surface area contributed by atoms with Gasteiger partial charge in [0, 0.05) is 6.04 Å². The van der Waals surface area contributed by atoms with E-state index < -0.39 is 0 Å². The third-order valence-electron chi connectivity index (χ3n) is 4.03. The van der Waals surface area contributed by atoms with E-state index in [2.05, 4.69) is 33.0 Å². The maximum atomic E-state index is 3.61. The molecule has 0 aromatic rings. The van der Waals surface area contributed by atoms with Crippen molar-refractivity contribution >= 4 is 0 Å². The maximum absolute atomic E-state index is 3.61. The fourth-order valence-corrected chi connectivity index (χ4v) is 2.98. The predicted molar refractivity (Wildman–Crippen MR) is 54.3 cm³/mol. The van der Waals surface area contributed by atoms with Gasteiger partial charge in [0.25, 0.3) is 0 Å². The van der Waals surface area contributed by atoms with Crippen LogP contribution in [0, 0.1) is 11.3 Å². The monoisotopic (exact) mass is 169 g/mol. The minimum Gasteiger partial charge on any atom is -0.314 e. The van der Waals surface area contributed by atoms with Crippen molar-refractivity contribution in [3.8, 4) is 0 Å². The Bertz CT molecular complexity index is 136. The number of nitrogens with one attached hydrogen (secondary N) is 1. The van der Waals surface area contributed by atoms with Crippen molar-refractivity contribution in [3.63, 3.8) is 0 Å². The van der Waals surface area contributed by atoms with Crippen LogP contribution in [0.2, 0.25) is 0 Å². The van der Waals surface area contributed by atoms with Crippen LogP contribution in [0.1, 0.15) is 47.0 Å². The van der Waals surface area contributed by atoms with Gasteiger partial charge < -0.3 is 5.32 Å². The van der Waals surface area contributed by atoms with Gasteiger partial charge in [0.1, 0.15) is 0 Å². The largest absolute Gasteiger partial charge is 0.314 e. The van der Waals surface area contributed by atoms with E-state index in [-0.39, 0.29) is 0 Å². The lowest BCUT2D eigenvalue weighted by atomic mass is 9.54. The highest BCUT2D eigenvalue weighted by Crippen LogP contribution is 2.51. The first kappa shape index (κ1) is 10.0. The quantitative estimate of drug-likeness (QED) is 0.682. The molecule has 1 heteroatoms. The molecule has 1 aliphatic rings. The van der Waals surface area contributed by atoms with Crippen LogP contribution in [0.3, 0.4) is 0 Å². The molecule has 1 nitrogen and oxygen atoms in total. The molecule has 1 fully saturated rings. The fraction of sp³-hybridized carbons (Fsp3) is 1.00. The summed E-state index contributed by atoms with van der Waals surface area (Å²) in [5.74, 6) is 0.927. The summed E-state index contributed by atoms with van der Waals surface area (Å²) in [6, 6.07) is 0.799. The normalized spacial score (nSPS) is 33.0. The van der Waals surface area contributed by atoms with Gasteiger partial charge in [0.2, 0.25) is 0 Å². The summed E-state index contributed by atoms with van der Waals surface area (Å²) in [6.07, 6.45) is 4.06. The Labute approximate surface area is 76.9 Å². The highest BCUT2D eigenvalue weighted by atomic mass is 15.0. The van der Waals surface area contributed by atoms with Crippen molar-refractivity contribution in [2.24, 2.45) is 11.3 Å². The van der Waals surface area contributed by atoms with E-state index in [9.17, 15) is 0 Å². The van der Waals surface area contributed by atoms with E-state index in [1.54, 1.807) is 0 Å². The van der Waals surface area contributed by atoms with Gasteiger partial charge in [0.15, 0.2) is 0 Å². The molecule has 0 heterocycles. The third kappa shape index (κ3) is 1.28. The molecular formula is C11H23N. The predicted octanol–water partition coefficient (Wildman–Crippen LogP) is 2.81. The molecular weight excluding hydrogens is 146 g/mol. The van der Waals surface area contributed by atoms with E-state index in [1.807, 2.05) is 0 Å². The molecule has 0 saturated heterocycles. The number of hydrogen-bond donors (Lipinski definition) is 1. The smallest absolute Gasteiger partial charge is 0.0128 e. The van der Waals surface area contributed by atoms with Gasteiger partial charge >= 0.3 is 0 Å². The van der Waals surface area contributed by atoms with Gasteiger partial charge in [0.05, 0.1) is 0 Å². The lowest BCUT2D eigenvalue weighted by Gasteiger charge is -2.55. The zero-order valence-electron chi connectivity index (χ0n) is 8.98. The Morgan fingerprint density at radius 2 is 1.83 bits per heavy atom. The van der Waals surface area contributed by atoms with Gasteiger partial charge in [-0.2, -0.15) is 0 Å². The minimum atomic E-state index is 0.621. The molecule has 12 heavy (non-hydrogen) atoms. The first-order chi connectivity index (χ1) is 5.71. The van der Waals surface area contributed by atoms with Crippen LogP contribution in [0.15, 0.2) is 0 Å². The maximum Gasteiger partial charge on any atom is 0.0128 e. The van der Waals surface area contributed by atoms with Gasteiger partial charge in [-0.1, -0.05) is 27.7 Å². The van der Waals surface area contributed by atoms with Crippen LogP contribution in [0.25, 0.3) is 0 Å². The molecule has 0 amide bonds. The molecule has 0 aromatic heterocycles. The van der Waals surface area contributed by atoms with Gasteiger partial charge in [-0.05, 0) is 37.1 Å². The summed E-state index contributed by atoms with van der Waals surface area (Å²) in [6.45, 7) is 10.4. The number of hydrogen-bond acceptors (Lipinski definition) is 1. The molecule has 1 N–H and O–H groups in total. The van der Waals surface area contributed by atoms with Gasteiger partial charge in [-0.15, -0.1) is 0 Å². The van der Waals surface area contributed by atoms with E-state index in [4.69, 9.17) is 0 Å². The van der Waals surface area contributed by atoms with Crippen molar-refractivity contribution in [1.29, 1.82) is 0 Å². The summed E-state index contributed by atoms with van der Waals surface area (Å²) in [5, 5.41) is 3.61. The van der Waals surface area contributed by atoms with E-state index in [0.29, 0.717) is 5.41 Å². The Kier molecular flexibility index (Phi) is 3.16. The second-order valence-electron chi connectivity index (χ2n) is 4.19. The van der Waals surface area contributed by atoms with Crippen LogP contribution in [0.5, 0.6) is 0 Å². The molecule has 2 atom stereocenters. The van der Waals surface area contributed by atoms with Crippen LogP contribution >= 0.6 is 0 Å². The highest BCUT2D eigenvalue weighted by Gasteiger charge is 2.49. The number of rotatable bonds is 4. The zero-order valence-corrected chi connectivity index (χ0v) is 8.98. The second kappa shape index (κ2) is 3.78. The molecule has 1 saturated carbocycles. The van der Waals surface area contributed by atoms with Crippen molar-refractivity contribution in [2.75, 3.05) is 6.54 Å². The summed E-state index contributed by atoms with van der Waals surface area (Å²) in [7, 11) is 0. The van der Waals surface area contributed by atoms with Crippen LogP contribution in [-0.4, -0.2) is 12.6 Å². The molecule has 0 radical (unpaired) electrons. The second-order valence-corrected chi connectivity index (χ2v) is 4.19. The van der Waals surface area contributed by atoms with Crippen molar-refractivity contribution in [3.05, 3.63) is 0 Å². The van der Waals surface area contributed by atoms with Gasteiger partial charge in [-0.3, -0.25) is 0 Å². The van der Waals surface area contributed by atoms with E-state index >= 15 is 0 Å². The van der Waals surface area contributed by atoms with Crippen LogP contribution in [-0.2, 0) is 0 Å². The molecule has 0 bridgehead atoms. The van der Waals surface area contributed by atoms with Gasteiger partial charge in [-0.25, -0.2) is 0 Å². The Morgan fingerprint density at radius 3 is 2.17 bits per heavy atom. The minimum absolute atomic E-state index is 0.621. The lowest BCUT2D eigenvalue weighted by molar-refractivity contribution is -0.0169. The zero-order chi connectivity index (χ0) is 9.19. The third-order valence-corrected chi connectivity index (χ3v) is 4.03. The topological polar surface area (TPSA) is 12.0 Å². The SMILES string of the molecule is CCNC1CC(C)C1(CC)CC. The Balaban J connectivity index is 2.56. The Morgan fingerprint density at radius 1 is 1.25 bits per heavy atom. The van der Waals surface area contributed by atoms with Crippen molar-refractivity contribution in [1.82, 2.24) is 5.32 Å². The average molecular weight is 169 g/mol. The average Bonchev–Trinajstić information content (AvgIpc) is 2.07. The molecule has 1 rings (SSSR count). The first-order valence-electron chi connectivity index (χ1n) is 5.44. The lowest BCUT2D eigenvalue weighted by Crippen LogP contribution is -2.58. The van der Waals surface area contributed by atoms with Crippen molar-refractivity contribution < 1.29 is 0 Å². The molecule has 0 aliphatic heterocycles. The van der Waals surface area contributed by atoms with Crippen LogP contribution in [0.4, 0.5) is 0 Å². The molecule has 1 aliphatic carbocycles. The molecule has 72 valence electrons. The molecule has 0 aromatic carbocycles. The van der Waals surface area contributed by atoms with Crippen molar-refractivity contribution in [2.45, 2.75) is 53.0 Å². The first-order valence-corrected chi connectivity index (χ1v) is 5.44. The summed E-state index contributed by atoms with van der Waals surface area (Å²) in [4.78, 5) is 0. The highest BCUT2D eigenvalue weighted by molar-refractivity contribution is 5.03. The molecule has 0 spiro atoms. The van der Waals surface area contributed by atoms with E-state index in [1.165, 1.54) is 19.3 Å². The fourth-order valence-electron chi connectivity index (χ4n) is 2.98. The summed E-state index contributed by atoms with van der Waals surface area (Å²) >= 11 is 0. The van der Waals surface area contributed by atoms with Crippen LogP contribution < -0.4 is 5.32 Å². The van der Waals surface area contributed by atoms with E-state index in [0.717, 1.165) is 18.5 Å². The summed E-state index contributed by atoms with van der Waals surface area (Å²) in [5.41, 5.74) is 0.621.